The summed E-state index contributed by atoms with van der Waals surface area (Å²) in [6.07, 6.45) is 0. The molecular weight excluding hydrogens is 332 g/mol. The maximum atomic E-state index is 12.8. The van der Waals surface area contributed by atoms with Gasteiger partial charge < -0.3 is 10.2 Å². The Morgan fingerprint density at radius 3 is 2.48 bits per heavy atom. The van der Waals surface area contributed by atoms with Crippen molar-refractivity contribution < 1.29 is 9.59 Å². The molecule has 0 bridgehead atoms. The summed E-state index contributed by atoms with van der Waals surface area (Å²) >= 11 is 1.48. The van der Waals surface area contributed by atoms with Crippen LogP contribution < -0.4 is 5.32 Å². The molecule has 0 radical (unpaired) electrons. The molecule has 0 heterocycles. The van der Waals surface area contributed by atoms with Gasteiger partial charge in [0, 0.05) is 18.5 Å². The normalized spacial score (nSPS) is 11.6. The first kappa shape index (κ1) is 19.1. The molecule has 25 heavy (non-hydrogen) atoms. The fraction of sp³-hybridized carbons (Fsp3) is 0.300. The number of nitrogens with zero attached hydrogens (tertiary/aromatic N) is 1. The summed E-state index contributed by atoms with van der Waals surface area (Å²) < 4.78 is 0. The number of thioether (sulfide) groups is 1. The second kappa shape index (κ2) is 9.28. The van der Waals surface area contributed by atoms with Gasteiger partial charge in [-0.05, 0) is 31.5 Å². The van der Waals surface area contributed by atoms with Crippen LogP contribution in [0, 0.1) is 6.92 Å². The number of aryl methyl sites for hydroxylation is 1. The van der Waals surface area contributed by atoms with Gasteiger partial charge in [-0.1, -0.05) is 48.0 Å². The van der Waals surface area contributed by atoms with Crippen molar-refractivity contribution in [2.75, 3.05) is 12.8 Å². The fourth-order valence-corrected chi connectivity index (χ4v) is 3.35. The van der Waals surface area contributed by atoms with Crippen LogP contribution >= 0.6 is 11.8 Å². The van der Waals surface area contributed by atoms with Gasteiger partial charge in [0.2, 0.25) is 11.8 Å². The molecule has 2 amide bonds. The third-order valence-corrected chi connectivity index (χ3v) is 4.95. The number of likely N-dealkylation sites (N-methyl/N-ethyl adjacent to an activating group) is 1. The highest BCUT2D eigenvalue weighted by atomic mass is 32.2. The Bertz CT molecular complexity index is 719. The van der Waals surface area contributed by atoms with Crippen LogP contribution in [0.25, 0.3) is 0 Å². The van der Waals surface area contributed by atoms with Gasteiger partial charge in [-0.3, -0.25) is 9.59 Å². The van der Waals surface area contributed by atoms with Crippen molar-refractivity contribution in [1.82, 2.24) is 10.2 Å². The highest BCUT2D eigenvalue weighted by molar-refractivity contribution is 8.00. The molecule has 1 atom stereocenters. The summed E-state index contributed by atoms with van der Waals surface area (Å²) in [6.45, 7) is 4.20. The molecule has 0 unspecified atom stereocenters. The van der Waals surface area contributed by atoms with Gasteiger partial charge in [0.05, 0.1) is 5.75 Å². The molecule has 1 N–H and O–H groups in total. The summed E-state index contributed by atoms with van der Waals surface area (Å²) in [4.78, 5) is 27.6. The van der Waals surface area contributed by atoms with Crippen molar-refractivity contribution >= 4 is 23.6 Å². The van der Waals surface area contributed by atoms with E-state index in [0.29, 0.717) is 12.3 Å². The highest BCUT2D eigenvalue weighted by Crippen LogP contribution is 2.19. The molecule has 5 heteroatoms. The number of carbonyl (C=O) groups excluding carboxylic acids is 2. The van der Waals surface area contributed by atoms with E-state index in [1.165, 1.54) is 11.8 Å². The topological polar surface area (TPSA) is 49.4 Å². The van der Waals surface area contributed by atoms with E-state index < -0.39 is 6.04 Å². The largest absolute Gasteiger partial charge is 0.357 e. The summed E-state index contributed by atoms with van der Waals surface area (Å²) in [5.74, 6) is 0.0918. The second-order valence-electron chi connectivity index (χ2n) is 5.90. The third-order valence-electron chi connectivity index (χ3n) is 3.95. The molecule has 0 saturated heterocycles. The lowest BCUT2D eigenvalue weighted by Gasteiger charge is -2.28. The number of rotatable bonds is 7. The molecular formula is C20H24N2O2S. The Morgan fingerprint density at radius 1 is 1.12 bits per heavy atom. The van der Waals surface area contributed by atoms with E-state index in [2.05, 4.69) is 5.32 Å². The molecule has 0 aliphatic carbocycles. The van der Waals surface area contributed by atoms with E-state index in [1.54, 1.807) is 18.9 Å². The van der Waals surface area contributed by atoms with Gasteiger partial charge in [0.1, 0.15) is 6.04 Å². The van der Waals surface area contributed by atoms with Crippen LogP contribution in [0.5, 0.6) is 0 Å². The first-order chi connectivity index (χ1) is 12.0. The zero-order chi connectivity index (χ0) is 18.2. The van der Waals surface area contributed by atoms with E-state index in [0.717, 1.165) is 16.0 Å². The monoisotopic (exact) mass is 356 g/mol. The van der Waals surface area contributed by atoms with Gasteiger partial charge in [-0.25, -0.2) is 0 Å². The van der Waals surface area contributed by atoms with Crippen molar-refractivity contribution in [2.45, 2.75) is 31.3 Å². The molecule has 2 aromatic carbocycles. The molecule has 0 saturated carbocycles. The molecule has 0 fully saturated rings. The Balaban J connectivity index is 2.12. The molecule has 0 spiro atoms. The minimum Gasteiger partial charge on any atom is -0.357 e. The van der Waals surface area contributed by atoms with Gasteiger partial charge in [0.25, 0.3) is 0 Å². The van der Waals surface area contributed by atoms with Crippen molar-refractivity contribution in [3.05, 3.63) is 65.7 Å². The first-order valence-electron chi connectivity index (χ1n) is 8.25. The zero-order valence-corrected chi connectivity index (χ0v) is 15.7. The Morgan fingerprint density at radius 2 is 1.84 bits per heavy atom. The molecule has 0 aromatic heterocycles. The first-order valence-corrected chi connectivity index (χ1v) is 9.24. The molecule has 132 valence electrons. The van der Waals surface area contributed by atoms with Gasteiger partial charge in [-0.2, -0.15) is 0 Å². The molecule has 2 aromatic rings. The number of carbonyl (C=O) groups is 2. The number of nitrogens with one attached hydrogen (secondary N) is 1. The van der Waals surface area contributed by atoms with Crippen LogP contribution in [0.4, 0.5) is 0 Å². The van der Waals surface area contributed by atoms with Crippen molar-refractivity contribution in [2.24, 2.45) is 0 Å². The van der Waals surface area contributed by atoms with Crippen LogP contribution in [0.1, 0.15) is 18.1 Å². The lowest BCUT2D eigenvalue weighted by molar-refractivity contribution is -0.138. The Hall–Kier alpha value is -2.27. The van der Waals surface area contributed by atoms with Crippen LogP contribution in [-0.4, -0.2) is 35.6 Å². The summed E-state index contributed by atoms with van der Waals surface area (Å²) in [7, 11) is 1.59. The van der Waals surface area contributed by atoms with Crippen LogP contribution in [-0.2, 0) is 16.1 Å². The molecule has 2 rings (SSSR count). The number of amides is 2. The van der Waals surface area contributed by atoms with Crippen molar-refractivity contribution in [1.29, 1.82) is 0 Å². The minimum absolute atomic E-state index is 0.0496. The van der Waals surface area contributed by atoms with Crippen LogP contribution in [0.15, 0.2) is 59.5 Å². The molecule has 4 nitrogen and oxygen atoms in total. The number of benzene rings is 2. The molecule has 0 aliphatic heterocycles. The standard InChI is InChI=1S/C20H24N2O2S/c1-15-8-7-9-17(12-15)13-22(16(2)20(24)21-3)19(23)14-25-18-10-5-4-6-11-18/h4-12,16H,13-14H2,1-3H3,(H,21,24)/t16-/m1/s1. The average Bonchev–Trinajstić information content (AvgIpc) is 2.64. The summed E-state index contributed by atoms with van der Waals surface area (Å²) in [5.41, 5.74) is 2.16. The predicted molar refractivity (Wildman–Crippen MR) is 102 cm³/mol. The van der Waals surface area contributed by atoms with E-state index in [1.807, 2.05) is 61.5 Å². The van der Waals surface area contributed by atoms with Crippen molar-refractivity contribution in [3.8, 4) is 0 Å². The second-order valence-corrected chi connectivity index (χ2v) is 6.95. The predicted octanol–water partition coefficient (Wildman–Crippen LogP) is 3.25. The van der Waals surface area contributed by atoms with E-state index >= 15 is 0 Å². The van der Waals surface area contributed by atoms with Gasteiger partial charge in [0.15, 0.2) is 0 Å². The molecule has 0 aliphatic rings. The Labute approximate surface area is 153 Å². The maximum absolute atomic E-state index is 12.8. The smallest absolute Gasteiger partial charge is 0.242 e. The quantitative estimate of drug-likeness (QED) is 0.775. The lowest BCUT2D eigenvalue weighted by Crippen LogP contribution is -2.47. The lowest BCUT2D eigenvalue weighted by atomic mass is 10.1. The van der Waals surface area contributed by atoms with E-state index in [4.69, 9.17) is 0 Å². The van der Waals surface area contributed by atoms with Crippen LogP contribution in [0.3, 0.4) is 0 Å². The third kappa shape index (κ3) is 5.64. The summed E-state index contributed by atoms with van der Waals surface area (Å²) in [5, 5.41) is 2.63. The van der Waals surface area contributed by atoms with E-state index in [9.17, 15) is 9.59 Å². The minimum atomic E-state index is -0.519. The van der Waals surface area contributed by atoms with Crippen LogP contribution in [0.2, 0.25) is 0 Å². The zero-order valence-electron chi connectivity index (χ0n) is 14.9. The number of hydrogen-bond donors (Lipinski definition) is 1. The highest BCUT2D eigenvalue weighted by Gasteiger charge is 2.25. The van der Waals surface area contributed by atoms with Crippen molar-refractivity contribution in [3.63, 3.8) is 0 Å². The van der Waals surface area contributed by atoms with Gasteiger partial charge in [-0.15, -0.1) is 11.8 Å². The summed E-state index contributed by atoms with van der Waals surface area (Å²) in [6, 6.07) is 17.3. The fourth-order valence-electron chi connectivity index (χ4n) is 2.54. The Kier molecular flexibility index (Phi) is 7.07. The van der Waals surface area contributed by atoms with Gasteiger partial charge >= 0.3 is 0 Å². The maximum Gasteiger partial charge on any atom is 0.242 e. The SMILES string of the molecule is CNC(=O)[C@@H](C)N(Cc1cccc(C)c1)C(=O)CSc1ccccc1. The number of hydrogen-bond acceptors (Lipinski definition) is 3. The average molecular weight is 356 g/mol. The van der Waals surface area contributed by atoms with E-state index in [-0.39, 0.29) is 11.8 Å².